The number of nitrogens with two attached hydrogens (primary N) is 1. The van der Waals surface area contributed by atoms with E-state index in [2.05, 4.69) is 20.8 Å². The summed E-state index contributed by atoms with van der Waals surface area (Å²) in [6, 6.07) is 6.75. The van der Waals surface area contributed by atoms with E-state index in [9.17, 15) is 9.00 Å². The number of aryl methyl sites for hydroxylation is 3. The highest BCUT2D eigenvalue weighted by Gasteiger charge is 2.25. The molecule has 7 nitrogen and oxygen atoms in total. The Morgan fingerprint density at radius 3 is 2.52 bits per heavy atom. The zero-order chi connectivity index (χ0) is 20.2. The van der Waals surface area contributed by atoms with E-state index in [-0.39, 0.29) is 0 Å². The molecule has 1 heterocycles. The average Bonchev–Trinajstić information content (AvgIpc) is 3.41. The summed E-state index contributed by atoms with van der Waals surface area (Å²) < 4.78 is 18.6. The van der Waals surface area contributed by atoms with Gasteiger partial charge in [0.2, 0.25) is 0 Å². The maximum absolute atomic E-state index is 13.0. The van der Waals surface area contributed by atoms with Gasteiger partial charge in [0.1, 0.15) is 9.92 Å². The molecule has 0 fully saturated rings. The van der Waals surface area contributed by atoms with Crippen LogP contribution in [-0.2, 0) is 42.6 Å². The van der Waals surface area contributed by atoms with Crippen molar-refractivity contribution >= 4 is 32.5 Å². The Kier molecular flexibility index (Phi) is 4.22. The van der Waals surface area contributed by atoms with Gasteiger partial charge in [-0.1, -0.05) is 6.07 Å². The van der Waals surface area contributed by atoms with Crippen LogP contribution < -0.4 is 10.5 Å². The van der Waals surface area contributed by atoms with Crippen molar-refractivity contribution < 1.29 is 9.00 Å². The van der Waals surface area contributed by atoms with E-state index in [4.69, 9.17) is 5.14 Å². The van der Waals surface area contributed by atoms with Gasteiger partial charge in [-0.15, -0.1) is 4.36 Å². The van der Waals surface area contributed by atoms with E-state index >= 15 is 0 Å². The number of urea groups is 1. The van der Waals surface area contributed by atoms with Crippen molar-refractivity contribution in [2.24, 2.45) is 16.5 Å². The van der Waals surface area contributed by atoms with Crippen molar-refractivity contribution in [3.63, 3.8) is 0 Å². The molecule has 1 aromatic heterocycles. The van der Waals surface area contributed by atoms with Crippen molar-refractivity contribution in [1.29, 1.82) is 0 Å². The second-order valence-electron chi connectivity index (χ2n) is 7.81. The van der Waals surface area contributed by atoms with Gasteiger partial charge in [0.25, 0.3) is 0 Å². The molecule has 2 aliphatic carbocycles. The zero-order valence-electron chi connectivity index (χ0n) is 16.3. The van der Waals surface area contributed by atoms with Crippen LogP contribution in [-0.4, -0.2) is 20.0 Å². The Bertz CT molecular complexity index is 1250. The lowest BCUT2D eigenvalue weighted by Gasteiger charge is -2.15. The van der Waals surface area contributed by atoms with Gasteiger partial charge in [-0.25, -0.2) is 14.1 Å². The molecule has 1 unspecified atom stereocenters. The molecular formula is C21H23N5O2S. The number of carbonyl (C=O) groups is 1. The number of amides is 2. The van der Waals surface area contributed by atoms with Gasteiger partial charge in [0.05, 0.1) is 16.6 Å². The molecule has 5 rings (SSSR count). The molecule has 0 aliphatic heterocycles. The highest BCUT2D eigenvalue weighted by molar-refractivity contribution is 7.91. The average molecular weight is 410 g/mol. The van der Waals surface area contributed by atoms with Crippen LogP contribution in [0.4, 0.5) is 10.5 Å². The number of nitrogens with one attached hydrogen (secondary N) is 1. The van der Waals surface area contributed by atoms with Gasteiger partial charge in [-0.05, 0) is 79.0 Å². The number of nitrogens with zero attached hydrogens (tertiary/aromatic N) is 3. The maximum atomic E-state index is 13.0. The van der Waals surface area contributed by atoms with Crippen molar-refractivity contribution in [3.05, 3.63) is 52.7 Å². The minimum atomic E-state index is -3.36. The summed E-state index contributed by atoms with van der Waals surface area (Å²) in [4.78, 5) is 13.0. The van der Waals surface area contributed by atoms with Crippen LogP contribution in [0.15, 0.2) is 39.7 Å². The lowest BCUT2D eigenvalue weighted by molar-refractivity contribution is 0.260. The summed E-state index contributed by atoms with van der Waals surface area (Å²) in [5.41, 5.74) is 6.81. The molecule has 3 aromatic rings. The predicted octanol–water partition coefficient (Wildman–Crippen LogP) is 3.48. The molecule has 0 radical (unpaired) electrons. The van der Waals surface area contributed by atoms with Crippen molar-refractivity contribution in [2.45, 2.75) is 43.4 Å². The number of anilines is 1. The van der Waals surface area contributed by atoms with E-state index in [1.165, 1.54) is 22.3 Å². The molecule has 0 saturated heterocycles. The summed E-state index contributed by atoms with van der Waals surface area (Å²) in [6.07, 6.45) is 7.85. The fourth-order valence-electron chi connectivity index (χ4n) is 4.60. The van der Waals surface area contributed by atoms with E-state index in [1.807, 2.05) is 7.05 Å². The molecule has 0 spiro atoms. The minimum Gasteiger partial charge on any atom is -0.305 e. The molecule has 2 aliphatic rings. The zero-order valence-corrected chi connectivity index (χ0v) is 17.1. The lowest BCUT2D eigenvalue weighted by atomic mass is 9.99. The number of hydrogen-bond acceptors (Lipinski definition) is 3. The van der Waals surface area contributed by atoms with Gasteiger partial charge in [0.15, 0.2) is 0 Å². The summed E-state index contributed by atoms with van der Waals surface area (Å²) in [5.74, 6) is 0. The largest absolute Gasteiger partial charge is 0.354 e. The van der Waals surface area contributed by atoms with E-state index in [1.54, 1.807) is 29.1 Å². The molecule has 0 saturated carbocycles. The summed E-state index contributed by atoms with van der Waals surface area (Å²) in [6.45, 7) is 0. The van der Waals surface area contributed by atoms with Crippen molar-refractivity contribution in [2.75, 3.05) is 5.32 Å². The van der Waals surface area contributed by atoms with E-state index in [0.29, 0.717) is 4.90 Å². The summed E-state index contributed by atoms with van der Waals surface area (Å²) in [7, 11) is -1.53. The van der Waals surface area contributed by atoms with Crippen LogP contribution >= 0.6 is 0 Å². The molecule has 2 amide bonds. The normalized spacial score (nSPS) is 17.0. The van der Waals surface area contributed by atoms with Crippen LogP contribution in [0.1, 0.15) is 35.1 Å². The third-order valence-corrected chi connectivity index (χ3v) is 7.35. The molecular weight excluding hydrogens is 386 g/mol. The van der Waals surface area contributed by atoms with Crippen LogP contribution in [0.3, 0.4) is 0 Å². The van der Waals surface area contributed by atoms with Crippen molar-refractivity contribution in [1.82, 2.24) is 9.78 Å². The summed E-state index contributed by atoms with van der Waals surface area (Å²) in [5, 5.41) is 13.9. The third-order valence-electron chi connectivity index (χ3n) is 5.98. The first-order chi connectivity index (χ1) is 13.9. The number of fused-ring (bicyclic) bond motifs is 3. The van der Waals surface area contributed by atoms with Gasteiger partial charge in [-0.2, -0.15) is 5.10 Å². The Balaban J connectivity index is 1.50. The second-order valence-corrected chi connectivity index (χ2v) is 9.60. The minimum absolute atomic E-state index is 0.316. The van der Waals surface area contributed by atoms with E-state index < -0.39 is 15.9 Å². The molecule has 8 heteroatoms. The summed E-state index contributed by atoms with van der Waals surface area (Å²) >= 11 is 0. The van der Waals surface area contributed by atoms with Gasteiger partial charge < -0.3 is 5.32 Å². The van der Waals surface area contributed by atoms with Crippen LogP contribution in [0.5, 0.6) is 0 Å². The number of aromatic nitrogens is 2. The highest BCUT2D eigenvalue weighted by Crippen LogP contribution is 2.38. The molecule has 150 valence electrons. The molecule has 1 atom stereocenters. The SMILES string of the molecule is Cn1ncc2cc(S(N)(=O)=NC(=O)Nc3c4c(cc5c3CCC5)CCC4)ccc21. The molecule has 0 bridgehead atoms. The van der Waals surface area contributed by atoms with Gasteiger partial charge in [0, 0.05) is 18.1 Å². The number of hydrogen-bond donors (Lipinski definition) is 2. The Morgan fingerprint density at radius 2 is 1.83 bits per heavy atom. The molecule has 3 N–H and O–H groups in total. The first-order valence-corrected chi connectivity index (χ1v) is 11.4. The number of benzene rings is 2. The third kappa shape index (κ3) is 3.12. The predicted molar refractivity (Wildman–Crippen MR) is 113 cm³/mol. The fourth-order valence-corrected chi connectivity index (χ4v) is 5.55. The number of carbonyl (C=O) groups excluding carboxylic acids is 1. The van der Waals surface area contributed by atoms with Crippen LogP contribution in [0.25, 0.3) is 10.9 Å². The van der Waals surface area contributed by atoms with Crippen LogP contribution in [0, 0.1) is 0 Å². The highest BCUT2D eigenvalue weighted by atomic mass is 32.2. The fraction of sp³-hybridized carbons (Fsp3) is 0.333. The number of rotatable bonds is 2. The maximum Gasteiger partial charge on any atom is 0.354 e. The second kappa shape index (κ2) is 6.67. The Morgan fingerprint density at radius 1 is 1.14 bits per heavy atom. The molecule has 2 aromatic carbocycles. The first kappa shape index (κ1) is 18.3. The standard InChI is InChI=1S/C21H23N5O2S/c1-26-19-9-8-16(11-15(19)12-23-26)29(22,28)25-21(27)24-20-17-6-2-4-13(17)10-14-5-3-7-18(14)20/h8-12H,2-7H2,1H3,(H3,22,24,25,27,28). The van der Waals surface area contributed by atoms with Gasteiger partial charge in [-0.3, -0.25) is 4.68 Å². The Labute approximate surface area is 169 Å². The smallest absolute Gasteiger partial charge is 0.305 e. The topological polar surface area (TPSA) is 102 Å². The monoisotopic (exact) mass is 409 g/mol. The Hall–Kier alpha value is -2.71. The van der Waals surface area contributed by atoms with Crippen molar-refractivity contribution in [3.8, 4) is 0 Å². The lowest BCUT2D eigenvalue weighted by Crippen LogP contribution is -2.19. The van der Waals surface area contributed by atoms with E-state index in [0.717, 1.165) is 55.1 Å². The first-order valence-electron chi connectivity index (χ1n) is 9.86. The van der Waals surface area contributed by atoms with Crippen LogP contribution in [0.2, 0.25) is 0 Å². The van der Waals surface area contributed by atoms with Gasteiger partial charge >= 0.3 is 6.03 Å². The molecule has 29 heavy (non-hydrogen) atoms. The quantitative estimate of drug-likeness (QED) is 0.677.